The van der Waals surface area contributed by atoms with Gasteiger partial charge in [-0.25, -0.2) is 50.1 Å². The first-order valence-corrected chi connectivity index (χ1v) is 37.6. The van der Waals surface area contributed by atoms with E-state index in [-0.39, 0.29) is 52.5 Å². The zero-order valence-corrected chi connectivity index (χ0v) is 65.3. The van der Waals surface area contributed by atoms with E-state index >= 15 is 0 Å². The van der Waals surface area contributed by atoms with E-state index in [4.69, 9.17) is 17.2 Å². The maximum absolute atomic E-state index is 12.9. The van der Waals surface area contributed by atoms with Crippen molar-refractivity contribution in [3.63, 3.8) is 0 Å². The van der Waals surface area contributed by atoms with Crippen LogP contribution in [0.3, 0.4) is 0 Å². The maximum Gasteiger partial charge on any atom is 0.313 e. The third kappa shape index (κ3) is 23.1. The second kappa shape index (κ2) is 39.7. The summed E-state index contributed by atoms with van der Waals surface area (Å²) in [4.78, 5) is 139. The number of nitrogens with zero attached hydrogens (tertiary/aromatic N) is 12. The van der Waals surface area contributed by atoms with Crippen LogP contribution < -0.4 is 38.5 Å². The summed E-state index contributed by atoms with van der Waals surface area (Å²) in [6.45, 7) is 18.6. The predicted molar refractivity (Wildman–Crippen MR) is 417 cm³/mol. The van der Waals surface area contributed by atoms with E-state index in [0.717, 1.165) is 36.9 Å². The molecule has 4 unspecified atom stereocenters. The second-order valence-corrected chi connectivity index (χ2v) is 29.6. The summed E-state index contributed by atoms with van der Waals surface area (Å²) >= 11 is 0. The van der Waals surface area contributed by atoms with Crippen molar-refractivity contribution in [1.82, 2.24) is 59.5 Å². The topological polar surface area (TPSA) is 379 Å². The molecular formula is C81H93F8N19O8. The van der Waals surface area contributed by atoms with E-state index in [1.807, 2.05) is 41.5 Å². The lowest BCUT2D eigenvalue weighted by atomic mass is 9.90. The number of alkyl halides is 8. The maximum atomic E-state index is 12.9. The van der Waals surface area contributed by atoms with Gasteiger partial charge in [0.2, 0.25) is 0 Å². The zero-order chi connectivity index (χ0) is 84.5. The lowest BCUT2D eigenvalue weighted by molar-refractivity contribution is -0.146. The lowest BCUT2D eigenvalue weighted by Gasteiger charge is -2.38. The van der Waals surface area contributed by atoms with Gasteiger partial charge in [-0.3, -0.25) is 63.3 Å². The van der Waals surface area contributed by atoms with Crippen molar-refractivity contribution in [3.8, 4) is 0 Å². The number of nitrogens with two attached hydrogens (primary N) is 3. The molecule has 4 aliphatic heterocycles. The number of hydrogen-bond acceptors (Lipinski definition) is 19. The smallest absolute Gasteiger partial charge is 0.313 e. The number of nitrogens with one attached hydrogen (secondary N) is 4. The molecule has 8 atom stereocenters. The number of piperidine rings is 4. The monoisotopic (exact) mass is 1610 g/mol. The second-order valence-electron chi connectivity index (χ2n) is 29.6. The molecule has 8 aromatic heterocycles. The molecule has 12 heterocycles. The minimum Gasteiger partial charge on any atom is -0.383 e. The number of aryl methyl sites for hydroxylation is 5. The van der Waals surface area contributed by atoms with Crippen molar-refractivity contribution in [1.29, 1.82) is 0 Å². The fourth-order valence-corrected chi connectivity index (χ4v) is 13.8. The van der Waals surface area contributed by atoms with E-state index in [0.29, 0.717) is 131 Å². The number of likely N-dealkylation sites (tertiary alicyclic amines) is 4. The van der Waals surface area contributed by atoms with Crippen molar-refractivity contribution in [2.75, 3.05) is 64.6 Å². The zero-order valence-electron chi connectivity index (χ0n) is 65.3. The summed E-state index contributed by atoms with van der Waals surface area (Å²) in [6.07, 6.45) is 6.43. The Morgan fingerprint density at radius 3 is 0.724 bits per heavy atom. The van der Waals surface area contributed by atoms with Gasteiger partial charge in [0.15, 0.2) is 0 Å². The molecule has 116 heavy (non-hydrogen) atoms. The summed E-state index contributed by atoms with van der Waals surface area (Å²) in [5.74, 6) is -3.88. The normalized spacial score (nSPS) is 19.3. The molecule has 8 amide bonds. The molecule has 0 bridgehead atoms. The molecule has 0 saturated carbocycles. The predicted octanol–water partition coefficient (Wildman–Crippen LogP) is 13.7. The number of amides is 8. The quantitative estimate of drug-likeness (QED) is 0.0441. The molecule has 4 fully saturated rings. The molecule has 27 nitrogen and oxygen atoms in total. The first-order valence-electron chi connectivity index (χ1n) is 37.6. The number of nitrogen functional groups attached to an aromatic ring is 3. The summed E-state index contributed by atoms with van der Waals surface area (Å²) in [7, 11) is 0. The molecule has 10 N–H and O–H groups in total. The molecule has 4 aliphatic rings. The van der Waals surface area contributed by atoms with Gasteiger partial charge in [-0.15, -0.1) is 0 Å². The fourth-order valence-electron chi connectivity index (χ4n) is 13.8. The summed E-state index contributed by atoms with van der Waals surface area (Å²) in [5, 5.41) is 10.3. The van der Waals surface area contributed by atoms with Gasteiger partial charge in [0.1, 0.15) is 40.2 Å². The number of pyridine rings is 8. The molecule has 0 radical (unpaired) electrons. The number of rotatable bonds is 12. The number of carbonyl (C=O) groups is 8. The Labute approximate surface area is 664 Å². The van der Waals surface area contributed by atoms with E-state index in [2.05, 4.69) is 61.1 Å². The Balaban J connectivity index is 0.000000177. The van der Waals surface area contributed by atoms with E-state index in [9.17, 15) is 73.5 Å². The SMILES string of the molecule is Cc1cc(NC(=O)C(=O)N2CC(C)CCC2c2ccc(C(F)F)nc2)cnc1C.Cc1cc(NC(=O)C(=O)N2CC(C)CCC2c2ccc(C(F)F)nc2)cnc1N.Cc1cc(NC(=O)C(=O)N2C[C@@H](C)CC[C@@H]2c2ccc(C(F)F)nc2)cnc1N.Cc1cc(NC(=O)C(=O)N2C[C@H](C)CC[C@H]2c2ccc(C(F)F)nc2)cnc1N. The average Bonchev–Trinajstić information content (AvgIpc) is 0.816. The van der Waals surface area contributed by atoms with Gasteiger partial charge in [0, 0.05) is 56.7 Å². The van der Waals surface area contributed by atoms with E-state index < -0.39 is 91.1 Å². The Hall–Kier alpha value is -12.2. The van der Waals surface area contributed by atoms with Gasteiger partial charge in [-0.05, 0) is 203 Å². The molecule has 4 saturated heterocycles. The first-order chi connectivity index (χ1) is 55.0. The lowest BCUT2D eigenvalue weighted by Crippen LogP contribution is -2.46. The number of halogens is 8. The molecule has 0 aromatic carbocycles. The Kier molecular flexibility index (Phi) is 30.0. The molecule has 616 valence electrons. The standard InChI is InChI=1S/C21H24F2N4O2.3C20H23F2N5O2/c1-12-4-7-18(15-5-6-17(19(22)23)25-9-15)27(11-12)21(29)20(28)26-16-8-13(2)14(3)24-10-16;3*1-11-3-6-16(13-4-5-15(17(21)22)24-8-13)27(10-11)20(29)19(28)26-14-7-12(2)18(23)25-9-14/h5-6,8-10,12,18-19H,4,7,11H2,1-3H3,(H,26,28);3*4-5,7-9,11,16-17H,3,6,10H2,1-2H3,(H2,23,25)(H,26,28)/t;2*11-,16+;/m.10./s1. The summed E-state index contributed by atoms with van der Waals surface area (Å²) in [6, 6.07) is 16.3. The van der Waals surface area contributed by atoms with Crippen LogP contribution in [0.4, 0.5) is 75.3 Å². The van der Waals surface area contributed by atoms with Crippen molar-refractivity contribution < 1.29 is 73.5 Å². The first kappa shape index (κ1) is 87.8. The molecule has 35 heteroatoms. The van der Waals surface area contributed by atoms with Gasteiger partial charge in [0.05, 0.1) is 71.7 Å². The van der Waals surface area contributed by atoms with Crippen LogP contribution in [0.25, 0.3) is 0 Å². The minimum atomic E-state index is -2.66. The van der Waals surface area contributed by atoms with Crippen molar-refractivity contribution in [3.05, 3.63) is 195 Å². The van der Waals surface area contributed by atoms with Crippen LogP contribution in [0, 0.1) is 58.3 Å². The fraction of sp³-hybridized carbons (Fsp3) is 0.407. The average molecular weight is 1610 g/mol. The van der Waals surface area contributed by atoms with Crippen LogP contribution in [0.1, 0.15) is 202 Å². The van der Waals surface area contributed by atoms with Crippen LogP contribution in [-0.2, 0) is 38.4 Å². The van der Waals surface area contributed by atoms with Gasteiger partial charge in [-0.2, -0.15) is 0 Å². The minimum absolute atomic E-state index is 0.219. The number of carbonyl (C=O) groups excluding carboxylic acids is 8. The Morgan fingerprint density at radius 1 is 0.319 bits per heavy atom. The third-order valence-corrected chi connectivity index (χ3v) is 20.5. The van der Waals surface area contributed by atoms with Crippen LogP contribution in [-0.4, -0.2) is 133 Å². The van der Waals surface area contributed by atoms with Crippen LogP contribution in [0.2, 0.25) is 0 Å². The van der Waals surface area contributed by atoms with Crippen LogP contribution in [0.5, 0.6) is 0 Å². The molecular weight excluding hydrogens is 1520 g/mol. The van der Waals surface area contributed by atoms with E-state index in [1.54, 1.807) is 69.3 Å². The molecule has 0 spiro atoms. The number of hydrogen-bond donors (Lipinski definition) is 7. The third-order valence-electron chi connectivity index (χ3n) is 20.5. The highest BCUT2D eigenvalue weighted by Crippen LogP contribution is 2.39. The van der Waals surface area contributed by atoms with Gasteiger partial charge in [-0.1, -0.05) is 52.0 Å². The van der Waals surface area contributed by atoms with Gasteiger partial charge < -0.3 is 58.1 Å². The van der Waals surface area contributed by atoms with Crippen LogP contribution >= 0.6 is 0 Å². The Bertz CT molecular complexity index is 4210. The van der Waals surface area contributed by atoms with Gasteiger partial charge >= 0.3 is 47.3 Å². The van der Waals surface area contributed by atoms with Crippen molar-refractivity contribution in [2.45, 2.75) is 164 Å². The molecule has 0 aliphatic carbocycles. The molecule has 12 rings (SSSR count). The summed E-state index contributed by atoms with van der Waals surface area (Å²) < 4.78 is 102. The highest BCUT2D eigenvalue weighted by Gasteiger charge is 2.40. The summed E-state index contributed by atoms with van der Waals surface area (Å²) in [5.41, 5.74) is 23.7. The highest BCUT2D eigenvalue weighted by molar-refractivity contribution is 6.41. The van der Waals surface area contributed by atoms with Crippen molar-refractivity contribution >= 4 is 87.5 Å². The van der Waals surface area contributed by atoms with E-state index in [1.165, 1.54) is 93.4 Å². The number of aromatic nitrogens is 8. The molecule has 8 aromatic rings. The largest absolute Gasteiger partial charge is 0.383 e. The van der Waals surface area contributed by atoms with Crippen molar-refractivity contribution in [2.24, 2.45) is 23.7 Å². The number of anilines is 7. The highest BCUT2D eigenvalue weighted by atomic mass is 19.3. The van der Waals surface area contributed by atoms with Crippen LogP contribution in [0.15, 0.2) is 122 Å². The Morgan fingerprint density at radius 2 is 0.534 bits per heavy atom. The van der Waals surface area contributed by atoms with Gasteiger partial charge in [0.25, 0.3) is 25.7 Å².